The summed E-state index contributed by atoms with van der Waals surface area (Å²) >= 11 is 1.76. The van der Waals surface area contributed by atoms with Gasteiger partial charge >= 0.3 is 0 Å². The molecule has 116 valence electrons. The van der Waals surface area contributed by atoms with E-state index in [-0.39, 0.29) is 0 Å². The van der Waals surface area contributed by atoms with E-state index < -0.39 is 0 Å². The van der Waals surface area contributed by atoms with Crippen LogP contribution in [0.15, 0.2) is 58.5 Å². The molecule has 0 aliphatic rings. The molecular weight excluding hydrogens is 314 g/mol. The van der Waals surface area contributed by atoms with Crippen LogP contribution in [0.2, 0.25) is 0 Å². The normalized spacial score (nSPS) is 11.8. The summed E-state index contributed by atoms with van der Waals surface area (Å²) in [7, 11) is 0. The van der Waals surface area contributed by atoms with Crippen molar-refractivity contribution in [3.05, 3.63) is 65.2 Å². The maximum absolute atomic E-state index is 6.25. The SMILES string of the molecule is Cc1cnc(-c2cccc3c2oc2cc4ccsc4cc23)cc1C. The van der Waals surface area contributed by atoms with Crippen LogP contribution in [0, 0.1) is 13.8 Å². The van der Waals surface area contributed by atoms with Gasteiger partial charge in [0.05, 0.1) is 5.69 Å². The average molecular weight is 329 g/mol. The molecule has 0 aliphatic carbocycles. The summed E-state index contributed by atoms with van der Waals surface area (Å²) in [5.74, 6) is 0. The summed E-state index contributed by atoms with van der Waals surface area (Å²) in [6, 6.07) is 14.9. The van der Waals surface area contributed by atoms with Crippen LogP contribution in [0.4, 0.5) is 0 Å². The predicted molar refractivity (Wildman–Crippen MR) is 102 cm³/mol. The maximum atomic E-state index is 6.25. The van der Waals surface area contributed by atoms with Crippen LogP contribution in [0.1, 0.15) is 11.1 Å². The molecule has 0 aliphatic heterocycles. The summed E-state index contributed by atoms with van der Waals surface area (Å²) in [5.41, 5.74) is 6.32. The van der Waals surface area contributed by atoms with Gasteiger partial charge in [0.1, 0.15) is 11.2 Å². The van der Waals surface area contributed by atoms with Crippen LogP contribution in [0.25, 0.3) is 43.3 Å². The summed E-state index contributed by atoms with van der Waals surface area (Å²) in [6.07, 6.45) is 1.93. The number of rotatable bonds is 1. The van der Waals surface area contributed by atoms with Gasteiger partial charge in [0.15, 0.2) is 0 Å². The van der Waals surface area contributed by atoms with Gasteiger partial charge in [-0.05, 0) is 66.1 Å². The first-order chi connectivity index (χ1) is 11.7. The molecule has 0 fully saturated rings. The first-order valence-corrected chi connectivity index (χ1v) is 8.85. The molecule has 0 radical (unpaired) electrons. The molecule has 5 rings (SSSR count). The summed E-state index contributed by atoms with van der Waals surface area (Å²) in [5, 5.41) is 5.68. The van der Waals surface area contributed by atoms with Gasteiger partial charge in [0.25, 0.3) is 0 Å². The molecule has 2 aromatic carbocycles. The first-order valence-electron chi connectivity index (χ1n) is 7.97. The maximum Gasteiger partial charge on any atom is 0.144 e. The van der Waals surface area contributed by atoms with Crippen molar-refractivity contribution in [2.24, 2.45) is 0 Å². The first kappa shape index (κ1) is 13.8. The fourth-order valence-electron chi connectivity index (χ4n) is 3.23. The number of hydrogen-bond acceptors (Lipinski definition) is 3. The number of hydrogen-bond donors (Lipinski definition) is 0. The number of benzene rings is 2. The number of pyridine rings is 1. The molecule has 0 atom stereocenters. The van der Waals surface area contributed by atoms with Crippen LogP contribution < -0.4 is 0 Å². The minimum absolute atomic E-state index is 0.918. The van der Waals surface area contributed by atoms with E-state index in [9.17, 15) is 0 Å². The highest BCUT2D eigenvalue weighted by atomic mass is 32.1. The van der Waals surface area contributed by atoms with Gasteiger partial charge in [-0.15, -0.1) is 11.3 Å². The topological polar surface area (TPSA) is 26.0 Å². The Morgan fingerprint density at radius 3 is 2.75 bits per heavy atom. The molecule has 3 aromatic heterocycles. The third-order valence-electron chi connectivity index (χ3n) is 4.72. The highest BCUT2D eigenvalue weighted by Gasteiger charge is 2.14. The number of nitrogens with zero attached hydrogens (tertiary/aromatic N) is 1. The third kappa shape index (κ3) is 1.91. The van der Waals surface area contributed by atoms with Crippen LogP contribution in [0.3, 0.4) is 0 Å². The third-order valence-corrected chi connectivity index (χ3v) is 5.60. The zero-order chi connectivity index (χ0) is 16.3. The Morgan fingerprint density at radius 1 is 0.958 bits per heavy atom. The molecule has 0 bridgehead atoms. The second-order valence-corrected chi connectivity index (χ2v) is 7.19. The molecule has 3 heteroatoms. The quantitative estimate of drug-likeness (QED) is 0.352. The lowest BCUT2D eigenvalue weighted by Crippen LogP contribution is -1.88. The number of thiophene rings is 1. The van der Waals surface area contributed by atoms with E-state index in [1.165, 1.54) is 26.6 Å². The fraction of sp³-hybridized carbons (Fsp3) is 0.0952. The Bertz CT molecular complexity index is 1230. The molecule has 3 heterocycles. The standard InChI is InChI=1S/C21H15NOS/c1-12-8-18(22-11-13(12)2)16-5-3-4-15-17-10-20-14(6-7-24-20)9-19(17)23-21(15)16/h3-11H,1-2H3. The van der Waals surface area contributed by atoms with Crippen molar-refractivity contribution >= 4 is 43.4 Å². The summed E-state index contributed by atoms with van der Waals surface area (Å²) in [6.45, 7) is 4.20. The van der Waals surface area contributed by atoms with E-state index in [1.807, 2.05) is 6.20 Å². The van der Waals surface area contributed by atoms with Crippen LogP contribution in [-0.4, -0.2) is 4.98 Å². The smallest absolute Gasteiger partial charge is 0.144 e. The fourth-order valence-corrected chi connectivity index (χ4v) is 4.04. The number of aromatic nitrogens is 1. The Hall–Kier alpha value is -2.65. The van der Waals surface area contributed by atoms with Gasteiger partial charge in [-0.25, -0.2) is 0 Å². The van der Waals surface area contributed by atoms with Gasteiger partial charge in [-0.3, -0.25) is 4.98 Å². The molecule has 0 spiro atoms. The molecule has 2 nitrogen and oxygen atoms in total. The number of aryl methyl sites for hydroxylation is 2. The van der Waals surface area contributed by atoms with Crippen molar-refractivity contribution in [3.8, 4) is 11.3 Å². The van der Waals surface area contributed by atoms with Gasteiger partial charge in [0.2, 0.25) is 0 Å². The van der Waals surface area contributed by atoms with Crippen molar-refractivity contribution in [3.63, 3.8) is 0 Å². The molecule has 0 amide bonds. The highest BCUT2D eigenvalue weighted by Crippen LogP contribution is 2.38. The second-order valence-electron chi connectivity index (χ2n) is 6.24. The number of fused-ring (bicyclic) bond motifs is 4. The van der Waals surface area contributed by atoms with Crippen LogP contribution >= 0.6 is 11.3 Å². The van der Waals surface area contributed by atoms with Gasteiger partial charge < -0.3 is 4.42 Å². The Morgan fingerprint density at radius 2 is 1.88 bits per heavy atom. The molecule has 0 N–H and O–H groups in total. The summed E-state index contributed by atoms with van der Waals surface area (Å²) < 4.78 is 7.54. The molecule has 0 saturated heterocycles. The van der Waals surface area contributed by atoms with Crippen molar-refractivity contribution in [1.29, 1.82) is 0 Å². The zero-order valence-electron chi connectivity index (χ0n) is 13.5. The van der Waals surface area contributed by atoms with Gasteiger partial charge in [-0.2, -0.15) is 0 Å². The number of para-hydroxylation sites is 1. The van der Waals surface area contributed by atoms with Crippen molar-refractivity contribution < 1.29 is 4.42 Å². The summed E-state index contributed by atoms with van der Waals surface area (Å²) in [4.78, 5) is 4.62. The Labute approximate surface area is 143 Å². The van der Waals surface area contributed by atoms with Gasteiger partial charge in [0, 0.05) is 27.2 Å². The van der Waals surface area contributed by atoms with Gasteiger partial charge in [-0.1, -0.05) is 12.1 Å². The molecular formula is C21H15NOS. The highest BCUT2D eigenvalue weighted by molar-refractivity contribution is 7.17. The van der Waals surface area contributed by atoms with E-state index in [0.29, 0.717) is 0 Å². The lowest BCUT2D eigenvalue weighted by Gasteiger charge is -2.05. The average Bonchev–Trinajstić information content (AvgIpc) is 3.18. The van der Waals surface area contributed by atoms with Crippen LogP contribution in [-0.2, 0) is 0 Å². The lowest BCUT2D eigenvalue weighted by molar-refractivity contribution is 0.670. The molecule has 5 aromatic rings. The minimum atomic E-state index is 0.918. The second kappa shape index (κ2) is 4.92. The van der Waals surface area contributed by atoms with Crippen molar-refractivity contribution in [2.45, 2.75) is 13.8 Å². The molecule has 0 saturated carbocycles. The number of furan rings is 1. The zero-order valence-corrected chi connectivity index (χ0v) is 14.3. The van der Waals surface area contributed by atoms with E-state index in [1.54, 1.807) is 11.3 Å². The minimum Gasteiger partial charge on any atom is -0.455 e. The van der Waals surface area contributed by atoms with Crippen LogP contribution in [0.5, 0.6) is 0 Å². The van der Waals surface area contributed by atoms with Crippen molar-refractivity contribution in [1.82, 2.24) is 4.98 Å². The monoisotopic (exact) mass is 329 g/mol. The molecule has 24 heavy (non-hydrogen) atoms. The Balaban J connectivity index is 1.86. The van der Waals surface area contributed by atoms with E-state index in [0.717, 1.165) is 27.8 Å². The van der Waals surface area contributed by atoms with E-state index >= 15 is 0 Å². The van der Waals surface area contributed by atoms with Crippen molar-refractivity contribution in [2.75, 3.05) is 0 Å². The van der Waals surface area contributed by atoms with E-state index in [2.05, 4.69) is 66.7 Å². The Kier molecular flexibility index (Phi) is 2.82. The predicted octanol–water partition coefficient (Wildman–Crippen LogP) is 6.48. The molecule has 0 unspecified atom stereocenters. The van der Waals surface area contributed by atoms with E-state index in [4.69, 9.17) is 4.42 Å². The largest absolute Gasteiger partial charge is 0.455 e. The lowest BCUT2D eigenvalue weighted by atomic mass is 10.0.